The highest BCUT2D eigenvalue weighted by atomic mass is 16.5. The minimum absolute atomic E-state index is 0.640. The molecule has 2 aromatic rings. The summed E-state index contributed by atoms with van der Waals surface area (Å²) in [6.07, 6.45) is 0.907. The van der Waals surface area contributed by atoms with Crippen LogP contribution in [0.3, 0.4) is 0 Å². The van der Waals surface area contributed by atoms with Crippen molar-refractivity contribution in [2.45, 2.75) is 6.42 Å². The monoisotopic (exact) mass is 243 g/mol. The Morgan fingerprint density at radius 3 is 2.39 bits per heavy atom. The molecule has 3 heteroatoms. The van der Waals surface area contributed by atoms with Crippen LogP contribution in [-0.4, -0.2) is 13.7 Å². The van der Waals surface area contributed by atoms with E-state index in [2.05, 4.69) is 0 Å². The minimum Gasteiger partial charge on any atom is -0.455 e. The van der Waals surface area contributed by atoms with Gasteiger partial charge in [0.25, 0.3) is 0 Å². The molecule has 0 aromatic heterocycles. The van der Waals surface area contributed by atoms with E-state index in [0.29, 0.717) is 11.4 Å². The lowest BCUT2D eigenvalue weighted by atomic mass is 10.1. The highest BCUT2D eigenvalue weighted by molar-refractivity contribution is 5.53. The average Bonchev–Trinajstić information content (AvgIpc) is 2.41. The van der Waals surface area contributed by atoms with Crippen LogP contribution in [0.1, 0.15) is 5.56 Å². The van der Waals surface area contributed by atoms with Crippen molar-refractivity contribution in [1.29, 1.82) is 0 Å². The van der Waals surface area contributed by atoms with E-state index in [-0.39, 0.29) is 0 Å². The molecule has 0 amide bonds. The van der Waals surface area contributed by atoms with Gasteiger partial charge in [-0.3, -0.25) is 0 Å². The fraction of sp³-hybridized carbons (Fsp3) is 0.200. The van der Waals surface area contributed by atoms with Gasteiger partial charge in [0.2, 0.25) is 0 Å². The van der Waals surface area contributed by atoms with E-state index in [4.69, 9.17) is 15.2 Å². The molecular formula is C15H17NO2. The van der Waals surface area contributed by atoms with Crippen molar-refractivity contribution in [2.75, 3.05) is 19.5 Å². The number of rotatable bonds is 5. The van der Waals surface area contributed by atoms with E-state index >= 15 is 0 Å². The Morgan fingerprint density at radius 1 is 1.00 bits per heavy atom. The summed E-state index contributed by atoms with van der Waals surface area (Å²) in [5, 5.41) is 0. The Bertz CT molecular complexity index is 494. The van der Waals surface area contributed by atoms with E-state index < -0.39 is 0 Å². The molecule has 0 bridgehead atoms. The van der Waals surface area contributed by atoms with Gasteiger partial charge in [-0.25, -0.2) is 0 Å². The maximum atomic E-state index is 5.82. The Balaban J connectivity index is 2.04. The van der Waals surface area contributed by atoms with Gasteiger partial charge in [-0.2, -0.15) is 0 Å². The van der Waals surface area contributed by atoms with E-state index in [1.54, 1.807) is 7.11 Å². The van der Waals surface area contributed by atoms with Crippen molar-refractivity contribution in [2.24, 2.45) is 0 Å². The molecule has 0 unspecified atom stereocenters. The second-order valence-electron chi connectivity index (χ2n) is 4.03. The molecule has 0 spiro atoms. The van der Waals surface area contributed by atoms with Gasteiger partial charge in [-0.05, 0) is 36.2 Å². The van der Waals surface area contributed by atoms with Gasteiger partial charge in [0.15, 0.2) is 0 Å². The van der Waals surface area contributed by atoms with Crippen molar-refractivity contribution >= 4 is 5.69 Å². The molecule has 0 aliphatic rings. The molecule has 0 saturated heterocycles. The molecular weight excluding hydrogens is 226 g/mol. The highest BCUT2D eigenvalue weighted by Crippen LogP contribution is 2.26. The second-order valence-corrected chi connectivity index (χ2v) is 4.03. The van der Waals surface area contributed by atoms with Crippen LogP contribution in [0.5, 0.6) is 11.5 Å². The molecule has 0 atom stereocenters. The van der Waals surface area contributed by atoms with Gasteiger partial charge in [-0.15, -0.1) is 0 Å². The summed E-state index contributed by atoms with van der Waals surface area (Å²) in [6.45, 7) is 0.728. The second kappa shape index (κ2) is 6.07. The first kappa shape index (κ1) is 12.5. The number of benzene rings is 2. The number of anilines is 1. The molecule has 2 aromatic carbocycles. The lowest BCUT2D eigenvalue weighted by Crippen LogP contribution is -1.94. The maximum absolute atomic E-state index is 5.82. The zero-order valence-electron chi connectivity index (χ0n) is 10.4. The van der Waals surface area contributed by atoms with Gasteiger partial charge in [0.05, 0.1) is 12.3 Å². The molecule has 2 rings (SSSR count). The third kappa shape index (κ3) is 3.25. The highest BCUT2D eigenvalue weighted by Gasteiger charge is 2.01. The van der Waals surface area contributed by atoms with Gasteiger partial charge in [-0.1, -0.05) is 24.3 Å². The fourth-order valence-electron chi connectivity index (χ4n) is 1.64. The Kier molecular flexibility index (Phi) is 4.20. The summed E-state index contributed by atoms with van der Waals surface area (Å²) >= 11 is 0. The number of nitrogen functional groups attached to an aromatic ring is 1. The smallest absolute Gasteiger partial charge is 0.150 e. The first-order valence-electron chi connectivity index (χ1n) is 5.90. The SMILES string of the molecule is COCCc1ccc(Oc2ccccc2N)cc1. The van der Waals surface area contributed by atoms with Crippen LogP contribution in [-0.2, 0) is 11.2 Å². The molecule has 0 heterocycles. The standard InChI is InChI=1S/C15H17NO2/c1-17-11-10-12-6-8-13(9-7-12)18-15-5-3-2-4-14(15)16/h2-9H,10-11,16H2,1H3. The largest absolute Gasteiger partial charge is 0.455 e. The fourth-order valence-corrected chi connectivity index (χ4v) is 1.64. The molecule has 0 saturated carbocycles. The Hall–Kier alpha value is -2.00. The van der Waals surface area contributed by atoms with Crippen LogP contribution in [0.4, 0.5) is 5.69 Å². The Morgan fingerprint density at radius 2 is 1.72 bits per heavy atom. The number of para-hydroxylation sites is 2. The number of hydrogen-bond donors (Lipinski definition) is 1. The van der Waals surface area contributed by atoms with Gasteiger partial charge < -0.3 is 15.2 Å². The topological polar surface area (TPSA) is 44.5 Å². The van der Waals surface area contributed by atoms with Crippen molar-refractivity contribution < 1.29 is 9.47 Å². The summed E-state index contributed by atoms with van der Waals surface area (Å²) < 4.78 is 10.8. The van der Waals surface area contributed by atoms with Gasteiger partial charge in [0.1, 0.15) is 11.5 Å². The Labute approximate surface area is 107 Å². The van der Waals surface area contributed by atoms with Crippen molar-refractivity contribution in [3.8, 4) is 11.5 Å². The van der Waals surface area contributed by atoms with E-state index in [9.17, 15) is 0 Å². The third-order valence-electron chi connectivity index (χ3n) is 2.67. The molecule has 0 aliphatic carbocycles. The predicted molar refractivity (Wildman–Crippen MR) is 73.0 cm³/mol. The number of methoxy groups -OCH3 is 1. The molecule has 0 fully saturated rings. The summed E-state index contributed by atoms with van der Waals surface area (Å²) in [4.78, 5) is 0. The maximum Gasteiger partial charge on any atom is 0.150 e. The van der Waals surface area contributed by atoms with Crippen LogP contribution in [0.2, 0.25) is 0 Å². The molecule has 94 valence electrons. The van der Waals surface area contributed by atoms with Crippen LogP contribution in [0.25, 0.3) is 0 Å². The summed E-state index contributed by atoms with van der Waals surface area (Å²) in [5.41, 5.74) is 7.69. The minimum atomic E-state index is 0.640. The zero-order valence-corrected chi connectivity index (χ0v) is 10.4. The van der Waals surface area contributed by atoms with Crippen molar-refractivity contribution in [1.82, 2.24) is 0 Å². The van der Waals surface area contributed by atoms with Crippen LogP contribution in [0.15, 0.2) is 48.5 Å². The van der Waals surface area contributed by atoms with Crippen molar-refractivity contribution in [3.05, 3.63) is 54.1 Å². The molecule has 0 aliphatic heterocycles. The number of nitrogens with two attached hydrogens (primary N) is 1. The predicted octanol–water partition coefficient (Wildman–Crippen LogP) is 3.25. The first-order valence-corrected chi connectivity index (χ1v) is 5.90. The lowest BCUT2D eigenvalue weighted by Gasteiger charge is -2.08. The lowest BCUT2D eigenvalue weighted by molar-refractivity contribution is 0.202. The first-order chi connectivity index (χ1) is 8.79. The van der Waals surface area contributed by atoms with Crippen LogP contribution < -0.4 is 10.5 Å². The normalized spacial score (nSPS) is 10.3. The summed E-state index contributed by atoms with van der Waals surface area (Å²) in [6, 6.07) is 15.4. The van der Waals surface area contributed by atoms with Crippen molar-refractivity contribution in [3.63, 3.8) is 0 Å². The van der Waals surface area contributed by atoms with Gasteiger partial charge >= 0.3 is 0 Å². The van der Waals surface area contributed by atoms with E-state index in [1.165, 1.54) is 5.56 Å². The molecule has 18 heavy (non-hydrogen) atoms. The van der Waals surface area contributed by atoms with Gasteiger partial charge in [0, 0.05) is 7.11 Å². The number of ether oxygens (including phenoxy) is 2. The van der Waals surface area contributed by atoms with Crippen LogP contribution in [0, 0.1) is 0 Å². The van der Waals surface area contributed by atoms with Crippen LogP contribution >= 0.6 is 0 Å². The number of hydrogen-bond acceptors (Lipinski definition) is 3. The average molecular weight is 243 g/mol. The zero-order chi connectivity index (χ0) is 12.8. The van der Waals surface area contributed by atoms with E-state index in [0.717, 1.165) is 18.8 Å². The third-order valence-corrected chi connectivity index (χ3v) is 2.67. The molecule has 0 radical (unpaired) electrons. The molecule has 2 N–H and O–H groups in total. The quantitative estimate of drug-likeness (QED) is 0.820. The van der Waals surface area contributed by atoms with E-state index in [1.807, 2.05) is 48.5 Å². The summed E-state index contributed by atoms with van der Waals surface area (Å²) in [7, 11) is 1.70. The summed E-state index contributed by atoms with van der Waals surface area (Å²) in [5.74, 6) is 1.47. The molecule has 3 nitrogen and oxygen atoms in total.